The van der Waals surface area contributed by atoms with Crippen molar-refractivity contribution in [3.05, 3.63) is 48.0 Å². The van der Waals surface area contributed by atoms with Crippen molar-refractivity contribution in [1.82, 2.24) is 15.2 Å². The number of aromatic nitrogens is 1. The monoisotopic (exact) mass is 311 g/mol. The number of furan rings is 1. The number of urea groups is 1. The standard InChI is InChI=1S/C16H17N5O2/c17-10-13-1-3-18-15(9-13)20-4-6-21(7-5-20)16(22)19-11-14-2-8-23-12-14/h1-3,8-9,12H,4-7,11H2,(H,19,22). The van der Waals surface area contributed by atoms with Crippen molar-refractivity contribution in [1.29, 1.82) is 5.26 Å². The molecule has 0 spiro atoms. The minimum atomic E-state index is -0.0791. The molecule has 23 heavy (non-hydrogen) atoms. The highest BCUT2D eigenvalue weighted by atomic mass is 16.3. The SMILES string of the molecule is N#Cc1ccnc(N2CCN(C(=O)NCc3ccoc3)CC2)c1. The van der Waals surface area contributed by atoms with Crippen molar-refractivity contribution in [2.45, 2.75) is 6.54 Å². The average molecular weight is 311 g/mol. The van der Waals surface area contributed by atoms with Gasteiger partial charge in [0.1, 0.15) is 5.82 Å². The van der Waals surface area contributed by atoms with Crippen LogP contribution in [0.2, 0.25) is 0 Å². The molecule has 1 fully saturated rings. The number of rotatable bonds is 3. The highest BCUT2D eigenvalue weighted by Crippen LogP contribution is 2.14. The number of carbonyl (C=O) groups excluding carboxylic acids is 1. The number of hydrogen-bond donors (Lipinski definition) is 1. The lowest BCUT2D eigenvalue weighted by molar-refractivity contribution is 0.194. The van der Waals surface area contributed by atoms with Gasteiger partial charge in [0.05, 0.1) is 24.2 Å². The third-order valence-corrected chi connectivity index (χ3v) is 3.79. The zero-order valence-electron chi connectivity index (χ0n) is 12.6. The molecule has 0 atom stereocenters. The topological polar surface area (TPSA) is 85.4 Å². The molecule has 7 heteroatoms. The van der Waals surface area contributed by atoms with Crippen LogP contribution in [0.3, 0.4) is 0 Å². The van der Waals surface area contributed by atoms with Crippen molar-refractivity contribution in [2.24, 2.45) is 0 Å². The van der Waals surface area contributed by atoms with Gasteiger partial charge in [-0.3, -0.25) is 0 Å². The second-order valence-corrected chi connectivity index (χ2v) is 5.28. The lowest BCUT2D eigenvalue weighted by atomic mass is 10.2. The number of pyridine rings is 1. The molecule has 118 valence electrons. The molecule has 1 aliphatic rings. The summed E-state index contributed by atoms with van der Waals surface area (Å²) in [5, 5.41) is 11.8. The van der Waals surface area contributed by atoms with Gasteiger partial charge in [-0.05, 0) is 18.2 Å². The van der Waals surface area contributed by atoms with E-state index < -0.39 is 0 Å². The van der Waals surface area contributed by atoms with E-state index in [4.69, 9.17) is 9.68 Å². The Hall–Kier alpha value is -3.01. The summed E-state index contributed by atoms with van der Waals surface area (Å²) in [5.41, 5.74) is 1.53. The Morgan fingerprint density at radius 2 is 2.17 bits per heavy atom. The Morgan fingerprint density at radius 3 is 2.87 bits per heavy atom. The Kier molecular flexibility index (Phi) is 4.43. The van der Waals surface area contributed by atoms with Crippen molar-refractivity contribution < 1.29 is 9.21 Å². The molecule has 0 unspecified atom stereocenters. The van der Waals surface area contributed by atoms with Crippen LogP contribution in [0, 0.1) is 11.3 Å². The van der Waals surface area contributed by atoms with Gasteiger partial charge in [-0.15, -0.1) is 0 Å². The summed E-state index contributed by atoms with van der Waals surface area (Å²) >= 11 is 0. The van der Waals surface area contributed by atoms with E-state index in [1.165, 1.54) is 0 Å². The van der Waals surface area contributed by atoms with E-state index in [-0.39, 0.29) is 6.03 Å². The molecular formula is C16H17N5O2. The summed E-state index contributed by atoms with van der Waals surface area (Å²) in [4.78, 5) is 20.3. The van der Waals surface area contributed by atoms with E-state index in [0.717, 1.165) is 11.4 Å². The maximum absolute atomic E-state index is 12.1. The fraction of sp³-hybridized carbons (Fsp3) is 0.312. The molecule has 0 saturated carbocycles. The fourth-order valence-corrected chi connectivity index (χ4v) is 2.48. The smallest absolute Gasteiger partial charge is 0.317 e. The van der Waals surface area contributed by atoms with E-state index in [1.54, 1.807) is 35.8 Å². The molecule has 2 aromatic heterocycles. The van der Waals surface area contributed by atoms with Gasteiger partial charge in [-0.1, -0.05) is 0 Å². The number of nitrogens with one attached hydrogen (secondary N) is 1. The number of piperazine rings is 1. The van der Waals surface area contributed by atoms with Crippen molar-refractivity contribution >= 4 is 11.8 Å². The summed E-state index contributed by atoms with van der Waals surface area (Å²) in [6.45, 7) is 3.09. The quantitative estimate of drug-likeness (QED) is 0.930. The van der Waals surface area contributed by atoms with Crippen molar-refractivity contribution in [3.63, 3.8) is 0 Å². The van der Waals surface area contributed by atoms with Crippen LogP contribution in [0.5, 0.6) is 0 Å². The first-order valence-electron chi connectivity index (χ1n) is 7.41. The normalized spacial score (nSPS) is 14.4. The van der Waals surface area contributed by atoms with Gasteiger partial charge in [0, 0.05) is 44.5 Å². The summed E-state index contributed by atoms with van der Waals surface area (Å²) in [7, 11) is 0. The minimum Gasteiger partial charge on any atom is -0.472 e. The minimum absolute atomic E-state index is 0.0791. The highest BCUT2D eigenvalue weighted by molar-refractivity contribution is 5.74. The van der Waals surface area contributed by atoms with Crippen LogP contribution < -0.4 is 10.2 Å². The molecule has 2 aromatic rings. The van der Waals surface area contributed by atoms with Crippen LogP contribution in [0.1, 0.15) is 11.1 Å². The lowest BCUT2D eigenvalue weighted by Crippen LogP contribution is -2.51. The van der Waals surface area contributed by atoms with Crippen molar-refractivity contribution in [3.8, 4) is 6.07 Å². The van der Waals surface area contributed by atoms with Crippen molar-refractivity contribution in [2.75, 3.05) is 31.1 Å². The van der Waals surface area contributed by atoms with Gasteiger partial charge >= 0.3 is 6.03 Å². The number of hydrogen-bond acceptors (Lipinski definition) is 5. The summed E-state index contributed by atoms with van der Waals surface area (Å²) in [6.07, 6.45) is 4.84. The molecule has 7 nitrogen and oxygen atoms in total. The molecule has 0 radical (unpaired) electrons. The number of nitrogens with zero attached hydrogens (tertiary/aromatic N) is 4. The predicted octanol–water partition coefficient (Wildman–Crippen LogP) is 1.58. The number of anilines is 1. The Balaban J connectivity index is 1.51. The van der Waals surface area contributed by atoms with Crippen LogP contribution in [0.25, 0.3) is 0 Å². The zero-order chi connectivity index (χ0) is 16.1. The van der Waals surface area contributed by atoms with Gasteiger partial charge in [0.2, 0.25) is 0 Å². The maximum Gasteiger partial charge on any atom is 0.317 e. The van der Waals surface area contributed by atoms with E-state index in [9.17, 15) is 4.79 Å². The number of nitriles is 1. The van der Waals surface area contributed by atoms with Crippen LogP contribution in [0.4, 0.5) is 10.6 Å². The molecule has 0 aliphatic carbocycles. The first kappa shape index (κ1) is 14.9. The first-order chi connectivity index (χ1) is 11.3. The summed E-state index contributed by atoms with van der Waals surface area (Å²) < 4.78 is 4.97. The zero-order valence-corrected chi connectivity index (χ0v) is 12.6. The molecule has 3 rings (SSSR count). The molecular weight excluding hydrogens is 294 g/mol. The average Bonchev–Trinajstić information content (AvgIpc) is 3.13. The molecule has 1 saturated heterocycles. The Labute approximate surface area is 134 Å². The van der Waals surface area contributed by atoms with Gasteiger partial charge in [-0.25, -0.2) is 9.78 Å². The predicted molar refractivity (Wildman–Crippen MR) is 83.7 cm³/mol. The van der Waals surface area contributed by atoms with Crippen LogP contribution in [0.15, 0.2) is 41.3 Å². The first-order valence-corrected chi connectivity index (χ1v) is 7.41. The lowest BCUT2D eigenvalue weighted by Gasteiger charge is -2.35. The molecule has 1 aliphatic heterocycles. The fourth-order valence-electron chi connectivity index (χ4n) is 2.48. The highest BCUT2D eigenvalue weighted by Gasteiger charge is 2.21. The summed E-state index contributed by atoms with van der Waals surface area (Å²) in [5.74, 6) is 0.780. The van der Waals surface area contributed by atoms with Gasteiger partial charge < -0.3 is 19.5 Å². The number of carbonyl (C=O) groups is 1. The molecule has 3 heterocycles. The van der Waals surface area contributed by atoms with E-state index in [1.807, 2.05) is 6.07 Å². The number of amides is 2. The van der Waals surface area contributed by atoms with Gasteiger partial charge in [0.15, 0.2) is 0 Å². The Bertz CT molecular complexity index is 700. The van der Waals surface area contributed by atoms with Crippen LogP contribution >= 0.6 is 0 Å². The second-order valence-electron chi connectivity index (χ2n) is 5.28. The Morgan fingerprint density at radius 1 is 1.35 bits per heavy atom. The van der Waals surface area contributed by atoms with E-state index in [2.05, 4.69) is 21.3 Å². The third-order valence-electron chi connectivity index (χ3n) is 3.79. The molecule has 0 aromatic carbocycles. The molecule has 1 N–H and O–H groups in total. The van der Waals surface area contributed by atoms with Gasteiger partial charge in [-0.2, -0.15) is 5.26 Å². The van der Waals surface area contributed by atoms with Crippen LogP contribution in [-0.4, -0.2) is 42.1 Å². The maximum atomic E-state index is 12.1. The van der Waals surface area contributed by atoms with E-state index in [0.29, 0.717) is 38.3 Å². The second kappa shape index (κ2) is 6.83. The van der Waals surface area contributed by atoms with E-state index >= 15 is 0 Å². The summed E-state index contributed by atoms with van der Waals surface area (Å²) in [6, 6.07) is 7.32. The van der Waals surface area contributed by atoms with Crippen LogP contribution in [-0.2, 0) is 6.54 Å². The molecule has 0 bridgehead atoms. The van der Waals surface area contributed by atoms with Gasteiger partial charge in [0.25, 0.3) is 0 Å². The molecule has 2 amide bonds. The third kappa shape index (κ3) is 3.61. The largest absolute Gasteiger partial charge is 0.472 e.